The summed E-state index contributed by atoms with van der Waals surface area (Å²) in [6, 6.07) is 0. The molecule has 0 fully saturated rings. The van der Waals surface area contributed by atoms with Gasteiger partial charge in [0.15, 0.2) is 0 Å². The molecular weight excluding hydrogens is 136 g/mol. The molecule has 7 nitrogen and oxygen atoms in total. The van der Waals surface area contributed by atoms with E-state index in [1.54, 1.807) is 7.05 Å². The van der Waals surface area contributed by atoms with Gasteiger partial charge in [0.1, 0.15) is 0 Å². The molecular formula is C3H6N6O. The monoisotopic (exact) mass is 142 g/mol. The van der Waals surface area contributed by atoms with Gasteiger partial charge in [-0.05, 0) is 5.21 Å². The third-order valence-corrected chi connectivity index (χ3v) is 0.843. The Kier molecular flexibility index (Phi) is 1.59. The number of nitrogens with zero attached hydrogens (tertiary/aromatic N) is 4. The van der Waals surface area contributed by atoms with E-state index >= 15 is 0 Å². The fraction of sp³-hybridized carbons (Fsp3) is 0.333. The molecule has 0 aliphatic rings. The lowest BCUT2D eigenvalue weighted by molar-refractivity contribution is 0.0943. The summed E-state index contributed by atoms with van der Waals surface area (Å²) in [5, 5.41) is 10.4. The number of aryl methyl sites for hydroxylation is 1. The van der Waals surface area contributed by atoms with Crippen LogP contribution in [0.15, 0.2) is 0 Å². The first-order valence-corrected chi connectivity index (χ1v) is 2.49. The number of nitrogens with one attached hydrogen (secondary N) is 1. The highest BCUT2D eigenvalue weighted by Crippen LogP contribution is 1.80. The van der Waals surface area contributed by atoms with Gasteiger partial charge in [0.25, 0.3) is 5.82 Å². The van der Waals surface area contributed by atoms with Crippen molar-refractivity contribution in [2.45, 2.75) is 0 Å². The number of amides is 1. The van der Waals surface area contributed by atoms with Crippen molar-refractivity contribution in [1.82, 2.24) is 25.6 Å². The summed E-state index contributed by atoms with van der Waals surface area (Å²) in [5.74, 6) is 4.21. The van der Waals surface area contributed by atoms with Gasteiger partial charge < -0.3 is 0 Å². The van der Waals surface area contributed by atoms with Crippen LogP contribution in [0, 0.1) is 0 Å². The van der Waals surface area contributed by atoms with Crippen molar-refractivity contribution in [2.75, 3.05) is 0 Å². The number of carbonyl (C=O) groups excluding carboxylic acids is 1. The first-order chi connectivity index (χ1) is 4.74. The highest BCUT2D eigenvalue weighted by molar-refractivity contribution is 5.89. The minimum absolute atomic E-state index is 0.0370. The minimum Gasteiger partial charge on any atom is -0.287 e. The third-order valence-electron chi connectivity index (χ3n) is 0.843. The molecule has 0 saturated carbocycles. The van der Waals surface area contributed by atoms with Crippen LogP contribution in [0.25, 0.3) is 0 Å². The first kappa shape index (κ1) is 6.62. The van der Waals surface area contributed by atoms with E-state index in [9.17, 15) is 4.79 Å². The molecule has 54 valence electrons. The number of nitrogens with two attached hydrogens (primary N) is 1. The van der Waals surface area contributed by atoms with E-state index in [4.69, 9.17) is 5.84 Å². The number of nitrogen functional groups attached to an aromatic ring is 1. The molecule has 1 rings (SSSR count). The smallest absolute Gasteiger partial charge is 0.287 e. The first-order valence-electron chi connectivity index (χ1n) is 2.49. The lowest BCUT2D eigenvalue weighted by Gasteiger charge is -1.87. The SMILES string of the molecule is Cn1nnc(C(=O)NN)n1. The highest BCUT2D eigenvalue weighted by Gasteiger charge is 2.08. The Hall–Kier alpha value is -1.50. The third kappa shape index (κ3) is 1.08. The van der Waals surface area contributed by atoms with Gasteiger partial charge in [-0.25, -0.2) is 5.84 Å². The standard InChI is InChI=1S/C3H6N6O/c1-9-7-2(6-8-9)3(10)5-4/h4H2,1H3,(H,5,10). The lowest BCUT2D eigenvalue weighted by atomic mass is 10.6. The Bertz CT molecular complexity index is 241. The topological polar surface area (TPSA) is 98.7 Å². The van der Waals surface area contributed by atoms with Gasteiger partial charge in [-0.1, -0.05) is 0 Å². The zero-order valence-corrected chi connectivity index (χ0v) is 5.27. The van der Waals surface area contributed by atoms with Crippen LogP contribution in [0.5, 0.6) is 0 Å². The molecule has 1 aromatic heterocycles. The number of aromatic nitrogens is 4. The molecule has 0 aliphatic carbocycles. The summed E-state index contributed by atoms with van der Waals surface area (Å²) in [4.78, 5) is 11.8. The van der Waals surface area contributed by atoms with Gasteiger partial charge in [0, 0.05) is 0 Å². The quantitative estimate of drug-likeness (QED) is 0.264. The van der Waals surface area contributed by atoms with E-state index in [2.05, 4.69) is 15.4 Å². The van der Waals surface area contributed by atoms with E-state index < -0.39 is 5.91 Å². The number of hydrogen-bond donors (Lipinski definition) is 2. The maximum absolute atomic E-state index is 10.6. The second-order valence-corrected chi connectivity index (χ2v) is 1.58. The Morgan fingerprint density at radius 1 is 1.80 bits per heavy atom. The maximum atomic E-state index is 10.6. The second-order valence-electron chi connectivity index (χ2n) is 1.58. The molecule has 0 spiro atoms. The molecule has 0 radical (unpaired) electrons. The molecule has 1 heterocycles. The predicted octanol–water partition coefficient (Wildman–Crippen LogP) is -2.19. The molecule has 1 aromatic rings. The Balaban J connectivity index is 2.85. The van der Waals surface area contributed by atoms with Crippen molar-refractivity contribution in [3.63, 3.8) is 0 Å². The Labute approximate surface area is 56.2 Å². The van der Waals surface area contributed by atoms with Crippen LogP contribution < -0.4 is 11.3 Å². The molecule has 0 aliphatic heterocycles. The van der Waals surface area contributed by atoms with Gasteiger partial charge in [0.2, 0.25) is 0 Å². The van der Waals surface area contributed by atoms with E-state index in [1.807, 2.05) is 5.43 Å². The molecule has 0 bridgehead atoms. The number of rotatable bonds is 1. The average molecular weight is 142 g/mol. The average Bonchev–Trinajstić information content (AvgIpc) is 2.34. The Morgan fingerprint density at radius 3 is 2.90 bits per heavy atom. The summed E-state index contributed by atoms with van der Waals surface area (Å²) < 4.78 is 0. The van der Waals surface area contributed by atoms with Gasteiger partial charge in [-0.2, -0.15) is 4.80 Å². The minimum atomic E-state index is -0.548. The van der Waals surface area contributed by atoms with E-state index in [0.29, 0.717) is 0 Å². The van der Waals surface area contributed by atoms with Crippen LogP contribution in [-0.2, 0) is 7.05 Å². The van der Waals surface area contributed by atoms with Gasteiger partial charge in [-0.3, -0.25) is 10.2 Å². The molecule has 0 atom stereocenters. The van der Waals surface area contributed by atoms with Crippen LogP contribution in [0.3, 0.4) is 0 Å². The number of hydrazine groups is 1. The number of carbonyl (C=O) groups is 1. The number of hydrogen-bond acceptors (Lipinski definition) is 5. The van der Waals surface area contributed by atoms with Crippen molar-refractivity contribution in [3.05, 3.63) is 5.82 Å². The number of tetrazole rings is 1. The molecule has 0 unspecified atom stereocenters. The molecule has 3 N–H and O–H groups in total. The van der Waals surface area contributed by atoms with Crippen molar-refractivity contribution < 1.29 is 4.79 Å². The second kappa shape index (κ2) is 2.40. The van der Waals surface area contributed by atoms with Crippen molar-refractivity contribution in [3.8, 4) is 0 Å². The molecule has 0 aromatic carbocycles. The van der Waals surface area contributed by atoms with Gasteiger partial charge in [0.05, 0.1) is 7.05 Å². The zero-order valence-electron chi connectivity index (χ0n) is 5.27. The maximum Gasteiger partial charge on any atom is 0.306 e. The summed E-state index contributed by atoms with van der Waals surface area (Å²) in [7, 11) is 1.56. The van der Waals surface area contributed by atoms with Crippen LogP contribution in [-0.4, -0.2) is 26.1 Å². The normalized spacial score (nSPS) is 9.40. The summed E-state index contributed by atoms with van der Waals surface area (Å²) in [6.45, 7) is 0. The van der Waals surface area contributed by atoms with Gasteiger partial charge >= 0.3 is 5.91 Å². The van der Waals surface area contributed by atoms with E-state index in [-0.39, 0.29) is 5.82 Å². The lowest BCUT2D eigenvalue weighted by Crippen LogP contribution is -2.31. The molecule has 7 heteroatoms. The Morgan fingerprint density at radius 2 is 2.50 bits per heavy atom. The van der Waals surface area contributed by atoms with Crippen LogP contribution in [0.2, 0.25) is 0 Å². The summed E-state index contributed by atoms with van der Waals surface area (Å²) in [5.41, 5.74) is 1.88. The molecule has 0 saturated heterocycles. The van der Waals surface area contributed by atoms with Crippen LogP contribution in [0.4, 0.5) is 0 Å². The van der Waals surface area contributed by atoms with Gasteiger partial charge in [-0.15, -0.1) is 10.2 Å². The fourth-order valence-corrected chi connectivity index (χ4v) is 0.440. The van der Waals surface area contributed by atoms with Crippen molar-refractivity contribution in [1.29, 1.82) is 0 Å². The fourth-order valence-electron chi connectivity index (χ4n) is 0.440. The molecule has 1 amide bonds. The van der Waals surface area contributed by atoms with Crippen LogP contribution in [0.1, 0.15) is 10.6 Å². The van der Waals surface area contributed by atoms with E-state index in [0.717, 1.165) is 0 Å². The largest absolute Gasteiger partial charge is 0.306 e. The van der Waals surface area contributed by atoms with Crippen molar-refractivity contribution in [2.24, 2.45) is 12.9 Å². The molecule has 10 heavy (non-hydrogen) atoms. The highest BCUT2D eigenvalue weighted by atomic mass is 16.2. The zero-order chi connectivity index (χ0) is 7.56. The predicted molar refractivity (Wildman–Crippen MR) is 30.5 cm³/mol. The summed E-state index contributed by atoms with van der Waals surface area (Å²) in [6.07, 6.45) is 0. The van der Waals surface area contributed by atoms with Crippen molar-refractivity contribution >= 4 is 5.91 Å². The van der Waals surface area contributed by atoms with E-state index in [1.165, 1.54) is 4.80 Å². The summed E-state index contributed by atoms with van der Waals surface area (Å²) >= 11 is 0. The van der Waals surface area contributed by atoms with Crippen LogP contribution >= 0.6 is 0 Å².